The molecule has 3 aromatic rings. The van der Waals surface area contributed by atoms with E-state index in [1.165, 1.54) is 10.1 Å². The van der Waals surface area contributed by atoms with Gasteiger partial charge in [0.15, 0.2) is 5.58 Å². The van der Waals surface area contributed by atoms with Crippen LogP contribution in [0.25, 0.3) is 11.1 Å². The molecule has 1 N–H and O–H groups in total. The van der Waals surface area contributed by atoms with E-state index in [0.717, 1.165) is 5.69 Å². The SMILES string of the molecule is CC(C)c1ccc(NC(=O)CCn2c(=O)oc3ccccc32)cc1. The predicted molar refractivity (Wildman–Crippen MR) is 94.3 cm³/mol. The van der Waals surface area contributed by atoms with Crippen LogP contribution in [0.2, 0.25) is 0 Å². The van der Waals surface area contributed by atoms with Crippen LogP contribution in [0, 0.1) is 0 Å². The molecular formula is C19H20N2O3. The van der Waals surface area contributed by atoms with Crippen molar-refractivity contribution in [2.24, 2.45) is 0 Å². The maximum atomic E-state index is 12.1. The Morgan fingerprint density at radius 3 is 2.54 bits per heavy atom. The van der Waals surface area contributed by atoms with Crippen LogP contribution in [0.1, 0.15) is 31.7 Å². The number of aryl methyl sites for hydroxylation is 1. The van der Waals surface area contributed by atoms with E-state index in [-0.39, 0.29) is 18.9 Å². The molecule has 24 heavy (non-hydrogen) atoms. The van der Waals surface area contributed by atoms with Gasteiger partial charge >= 0.3 is 5.76 Å². The molecule has 5 heteroatoms. The van der Waals surface area contributed by atoms with Gasteiger partial charge in [-0.25, -0.2) is 4.79 Å². The van der Waals surface area contributed by atoms with Gasteiger partial charge in [0.2, 0.25) is 5.91 Å². The van der Waals surface area contributed by atoms with Gasteiger partial charge in [-0.15, -0.1) is 0 Å². The number of para-hydroxylation sites is 2. The van der Waals surface area contributed by atoms with E-state index < -0.39 is 5.76 Å². The van der Waals surface area contributed by atoms with Crippen LogP contribution in [-0.4, -0.2) is 10.5 Å². The van der Waals surface area contributed by atoms with Crippen molar-refractivity contribution in [1.82, 2.24) is 4.57 Å². The Hall–Kier alpha value is -2.82. The number of carbonyl (C=O) groups is 1. The lowest BCUT2D eigenvalue weighted by Gasteiger charge is -2.08. The van der Waals surface area contributed by atoms with Gasteiger partial charge in [0, 0.05) is 18.7 Å². The number of hydrogen-bond donors (Lipinski definition) is 1. The molecule has 0 aliphatic heterocycles. The van der Waals surface area contributed by atoms with Gasteiger partial charge in [0.05, 0.1) is 5.52 Å². The molecule has 5 nitrogen and oxygen atoms in total. The summed E-state index contributed by atoms with van der Waals surface area (Å²) in [5.74, 6) is -0.120. The number of aromatic nitrogens is 1. The van der Waals surface area contributed by atoms with Crippen molar-refractivity contribution in [3.05, 3.63) is 64.6 Å². The zero-order chi connectivity index (χ0) is 17.1. The smallest absolute Gasteiger partial charge is 0.408 e. The lowest BCUT2D eigenvalue weighted by atomic mass is 10.0. The number of nitrogens with one attached hydrogen (secondary N) is 1. The fourth-order valence-corrected chi connectivity index (χ4v) is 2.61. The van der Waals surface area contributed by atoms with Crippen LogP contribution < -0.4 is 11.1 Å². The summed E-state index contributed by atoms with van der Waals surface area (Å²) in [4.78, 5) is 24.0. The number of carbonyl (C=O) groups excluding carboxylic acids is 1. The minimum Gasteiger partial charge on any atom is -0.408 e. The minimum absolute atomic E-state index is 0.135. The molecule has 0 fully saturated rings. The van der Waals surface area contributed by atoms with Gasteiger partial charge in [-0.2, -0.15) is 0 Å². The Bertz CT molecular complexity index is 904. The second kappa shape index (κ2) is 6.74. The highest BCUT2D eigenvalue weighted by Crippen LogP contribution is 2.17. The second-order valence-corrected chi connectivity index (χ2v) is 6.06. The molecule has 1 heterocycles. The second-order valence-electron chi connectivity index (χ2n) is 6.06. The summed E-state index contributed by atoms with van der Waals surface area (Å²) in [6, 6.07) is 15.0. The van der Waals surface area contributed by atoms with Gasteiger partial charge < -0.3 is 9.73 Å². The van der Waals surface area contributed by atoms with E-state index >= 15 is 0 Å². The Morgan fingerprint density at radius 1 is 1.12 bits per heavy atom. The fraction of sp³-hybridized carbons (Fsp3) is 0.263. The summed E-state index contributed by atoms with van der Waals surface area (Å²) < 4.78 is 6.64. The highest BCUT2D eigenvalue weighted by molar-refractivity contribution is 5.90. The molecule has 1 aromatic heterocycles. The van der Waals surface area contributed by atoms with E-state index in [2.05, 4.69) is 19.2 Å². The number of hydrogen-bond acceptors (Lipinski definition) is 3. The van der Waals surface area contributed by atoms with Crippen molar-refractivity contribution in [2.45, 2.75) is 32.7 Å². The third kappa shape index (κ3) is 3.40. The van der Waals surface area contributed by atoms with E-state index in [4.69, 9.17) is 4.42 Å². The van der Waals surface area contributed by atoms with Crippen LogP contribution in [0.4, 0.5) is 5.69 Å². The molecule has 3 rings (SSSR count). The highest BCUT2D eigenvalue weighted by atomic mass is 16.4. The third-order valence-electron chi connectivity index (χ3n) is 4.00. The molecule has 0 radical (unpaired) electrons. The molecule has 0 saturated heterocycles. The van der Waals surface area contributed by atoms with Gasteiger partial charge in [0.25, 0.3) is 0 Å². The van der Waals surface area contributed by atoms with Crippen LogP contribution in [0.15, 0.2) is 57.7 Å². The molecule has 2 aromatic carbocycles. The van der Waals surface area contributed by atoms with Crippen LogP contribution in [-0.2, 0) is 11.3 Å². The zero-order valence-electron chi connectivity index (χ0n) is 13.8. The van der Waals surface area contributed by atoms with Gasteiger partial charge in [-0.05, 0) is 35.7 Å². The number of fused-ring (bicyclic) bond motifs is 1. The lowest BCUT2D eigenvalue weighted by Crippen LogP contribution is -2.19. The molecule has 0 spiro atoms. The van der Waals surface area contributed by atoms with E-state index in [9.17, 15) is 9.59 Å². The number of rotatable bonds is 5. The molecule has 124 valence electrons. The summed E-state index contributed by atoms with van der Waals surface area (Å²) in [7, 11) is 0. The average Bonchev–Trinajstić information content (AvgIpc) is 2.88. The first-order valence-corrected chi connectivity index (χ1v) is 8.03. The Morgan fingerprint density at radius 2 is 1.83 bits per heavy atom. The Balaban J connectivity index is 1.65. The third-order valence-corrected chi connectivity index (χ3v) is 4.00. The molecule has 0 unspecified atom stereocenters. The quantitative estimate of drug-likeness (QED) is 0.777. The number of amides is 1. The van der Waals surface area contributed by atoms with Gasteiger partial charge in [0.1, 0.15) is 0 Å². The Kier molecular flexibility index (Phi) is 4.51. The standard InChI is InChI=1S/C19H20N2O3/c1-13(2)14-7-9-15(10-8-14)20-18(22)11-12-21-16-5-3-4-6-17(16)24-19(21)23/h3-10,13H,11-12H2,1-2H3,(H,20,22). The van der Waals surface area contributed by atoms with E-state index in [0.29, 0.717) is 17.0 Å². The molecule has 0 aliphatic carbocycles. The molecule has 0 saturated carbocycles. The minimum atomic E-state index is -0.440. The first kappa shape index (κ1) is 16.1. The summed E-state index contributed by atoms with van der Waals surface area (Å²) in [6.07, 6.45) is 0.204. The van der Waals surface area contributed by atoms with Crippen molar-refractivity contribution in [1.29, 1.82) is 0 Å². The maximum Gasteiger partial charge on any atom is 0.419 e. The molecule has 1 amide bonds. The Labute approximate surface area is 139 Å². The van der Waals surface area contributed by atoms with E-state index in [1.54, 1.807) is 6.07 Å². The van der Waals surface area contributed by atoms with Crippen molar-refractivity contribution < 1.29 is 9.21 Å². The number of anilines is 1. The number of nitrogens with zero attached hydrogens (tertiary/aromatic N) is 1. The summed E-state index contributed by atoms with van der Waals surface area (Å²) in [5, 5.41) is 2.85. The first-order chi connectivity index (χ1) is 11.5. The van der Waals surface area contributed by atoms with Crippen molar-refractivity contribution in [3.63, 3.8) is 0 Å². The summed E-state index contributed by atoms with van der Waals surface area (Å²) in [5.41, 5.74) is 3.22. The van der Waals surface area contributed by atoms with Crippen molar-refractivity contribution in [3.8, 4) is 0 Å². The summed E-state index contributed by atoms with van der Waals surface area (Å²) in [6.45, 7) is 4.53. The van der Waals surface area contributed by atoms with Crippen molar-refractivity contribution >= 4 is 22.7 Å². The van der Waals surface area contributed by atoms with Crippen LogP contribution >= 0.6 is 0 Å². The monoisotopic (exact) mass is 324 g/mol. The van der Waals surface area contributed by atoms with Gasteiger partial charge in [-0.3, -0.25) is 9.36 Å². The van der Waals surface area contributed by atoms with Crippen LogP contribution in [0.5, 0.6) is 0 Å². The molecule has 0 bridgehead atoms. The topological polar surface area (TPSA) is 64.2 Å². The fourth-order valence-electron chi connectivity index (χ4n) is 2.61. The zero-order valence-corrected chi connectivity index (χ0v) is 13.8. The normalized spacial score (nSPS) is 11.1. The molecule has 0 atom stereocenters. The number of oxazole rings is 1. The van der Waals surface area contributed by atoms with E-state index in [1.807, 2.05) is 42.5 Å². The lowest BCUT2D eigenvalue weighted by molar-refractivity contribution is -0.116. The first-order valence-electron chi connectivity index (χ1n) is 8.03. The van der Waals surface area contributed by atoms with Crippen LogP contribution in [0.3, 0.4) is 0 Å². The summed E-state index contributed by atoms with van der Waals surface area (Å²) >= 11 is 0. The highest BCUT2D eigenvalue weighted by Gasteiger charge is 2.10. The van der Waals surface area contributed by atoms with Gasteiger partial charge in [-0.1, -0.05) is 38.1 Å². The number of benzene rings is 2. The largest absolute Gasteiger partial charge is 0.419 e. The molecular weight excluding hydrogens is 304 g/mol. The van der Waals surface area contributed by atoms with Crippen molar-refractivity contribution in [2.75, 3.05) is 5.32 Å². The molecule has 0 aliphatic rings. The predicted octanol–water partition coefficient (Wildman–Crippen LogP) is 3.75. The maximum absolute atomic E-state index is 12.1. The average molecular weight is 324 g/mol.